The van der Waals surface area contributed by atoms with Crippen LogP contribution in [0.1, 0.15) is 21.5 Å². The topological polar surface area (TPSA) is 46.3 Å². The summed E-state index contributed by atoms with van der Waals surface area (Å²) < 4.78 is 12.8. The van der Waals surface area contributed by atoms with E-state index in [4.69, 9.17) is 5.73 Å². The van der Waals surface area contributed by atoms with Gasteiger partial charge in [-0.1, -0.05) is 18.2 Å². The summed E-state index contributed by atoms with van der Waals surface area (Å²) in [7, 11) is 0. The largest absolute Gasteiger partial charge is 0.398 e. The van der Waals surface area contributed by atoms with Crippen LogP contribution in [0.3, 0.4) is 0 Å². The molecule has 0 unspecified atom stereocenters. The number of fused-ring (bicyclic) bond motifs is 1. The molecule has 0 spiro atoms. The Balaban J connectivity index is 1.70. The highest BCUT2D eigenvalue weighted by molar-refractivity contribution is 5.99. The molecule has 0 aromatic heterocycles. The maximum Gasteiger partial charge on any atom is 0.254 e. The zero-order valence-corrected chi connectivity index (χ0v) is 11.0. The molecular weight excluding hydrogens is 255 g/mol. The van der Waals surface area contributed by atoms with Gasteiger partial charge in [-0.3, -0.25) is 4.79 Å². The quantitative estimate of drug-likeness (QED) is 0.871. The number of nitrogen functional groups attached to an aromatic ring is 1. The lowest BCUT2D eigenvalue weighted by Crippen LogP contribution is -2.26. The lowest BCUT2D eigenvalue weighted by atomic mass is 10.1. The number of anilines is 1. The minimum atomic E-state index is -0.244. The van der Waals surface area contributed by atoms with Crippen molar-refractivity contribution in [3.63, 3.8) is 0 Å². The Labute approximate surface area is 116 Å². The maximum atomic E-state index is 12.8. The number of carbonyl (C=O) groups is 1. The Morgan fingerprint density at radius 2 is 1.90 bits per heavy atom. The second-order valence-corrected chi connectivity index (χ2v) is 4.98. The van der Waals surface area contributed by atoms with Crippen LogP contribution in [0.5, 0.6) is 0 Å². The number of nitrogens with two attached hydrogens (primary N) is 1. The number of carbonyl (C=O) groups excluding carboxylic acids is 1. The fourth-order valence-corrected chi connectivity index (χ4v) is 2.51. The van der Waals surface area contributed by atoms with Gasteiger partial charge in [0.2, 0.25) is 0 Å². The fourth-order valence-electron chi connectivity index (χ4n) is 2.51. The Kier molecular flexibility index (Phi) is 3.14. The minimum absolute atomic E-state index is 0.0226. The molecule has 0 aliphatic carbocycles. The molecule has 2 aromatic rings. The van der Waals surface area contributed by atoms with Gasteiger partial charge in [-0.25, -0.2) is 4.39 Å². The van der Waals surface area contributed by atoms with Crippen LogP contribution in [0.15, 0.2) is 42.5 Å². The number of amides is 1. The van der Waals surface area contributed by atoms with E-state index in [0.717, 1.165) is 11.1 Å². The van der Waals surface area contributed by atoms with Gasteiger partial charge in [-0.05, 0) is 36.2 Å². The number of nitrogens with zero attached hydrogens (tertiary/aromatic N) is 1. The van der Waals surface area contributed by atoms with Gasteiger partial charge in [-0.2, -0.15) is 0 Å². The van der Waals surface area contributed by atoms with Gasteiger partial charge in [0.25, 0.3) is 5.91 Å². The van der Waals surface area contributed by atoms with Crippen LogP contribution in [0.4, 0.5) is 10.1 Å². The molecular formula is C16H15FN2O. The summed E-state index contributed by atoms with van der Waals surface area (Å²) in [4.78, 5) is 14.0. The molecule has 1 heterocycles. The van der Waals surface area contributed by atoms with Gasteiger partial charge in [0.1, 0.15) is 5.82 Å². The standard InChI is InChI=1S/C16H15FN2O/c17-12-6-4-11(5-7-12)8-9-19-10-14-13(16(19)20)2-1-3-15(14)18/h1-7H,8-10,18H2. The van der Waals surface area contributed by atoms with Gasteiger partial charge in [0, 0.05) is 29.9 Å². The van der Waals surface area contributed by atoms with E-state index < -0.39 is 0 Å². The van der Waals surface area contributed by atoms with Crippen LogP contribution < -0.4 is 5.73 Å². The summed E-state index contributed by atoms with van der Waals surface area (Å²) in [6.07, 6.45) is 0.708. The number of halogens is 1. The molecule has 0 radical (unpaired) electrons. The lowest BCUT2D eigenvalue weighted by Gasteiger charge is -2.15. The van der Waals surface area contributed by atoms with Crippen molar-refractivity contribution in [3.05, 3.63) is 65.0 Å². The summed E-state index contributed by atoms with van der Waals surface area (Å²) in [5, 5.41) is 0. The van der Waals surface area contributed by atoms with E-state index in [9.17, 15) is 9.18 Å². The monoisotopic (exact) mass is 270 g/mol. The second kappa shape index (κ2) is 4.96. The van der Waals surface area contributed by atoms with Crippen molar-refractivity contribution in [1.29, 1.82) is 0 Å². The maximum absolute atomic E-state index is 12.8. The van der Waals surface area contributed by atoms with Crippen LogP contribution in [0.25, 0.3) is 0 Å². The zero-order valence-electron chi connectivity index (χ0n) is 11.0. The van der Waals surface area contributed by atoms with Gasteiger partial charge < -0.3 is 10.6 Å². The summed E-state index contributed by atoms with van der Waals surface area (Å²) in [6.45, 7) is 1.17. The molecule has 0 fully saturated rings. The Morgan fingerprint density at radius 1 is 1.15 bits per heavy atom. The highest BCUT2D eigenvalue weighted by Crippen LogP contribution is 2.27. The Bertz CT molecular complexity index is 652. The lowest BCUT2D eigenvalue weighted by molar-refractivity contribution is 0.0780. The summed E-state index contributed by atoms with van der Waals surface area (Å²) in [6, 6.07) is 11.8. The number of rotatable bonds is 3. The predicted molar refractivity (Wildman–Crippen MR) is 75.7 cm³/mol. The Hall–Kier alpha value is -2.36. The highest BCUT2D eigenvalue weighted by atomic mass is 19.1. The third-order valence-corrected chi connectivity index (χ3v) is 3.66. The molecule has 2 N–H and O–H groups in total. The molecule has 2 aromatic carbocycles. The molecule has 0 saturated carbocycles. The van der Waals surface area contributed by atoms with Gasteiger partial charge in [0.15, 0.2) is 0 Å². The van der Waals surface area contributed by atoms with Crippen molar-refractivity contribution in [3.8, 4) is 0 Å². The smallest absolute Gasteiger partial charge is 0.254 e. The number of hydrogen-bond acceptors (Lipinski definition) is 2. The van der Waals surface area contributed by atoms with Crippen molar-refractivity contribution >= 4 is 11.6 Å². The molecule has 0 atom stereocenters. The van der Waals surface area contributed by atoms with E-state index in [2.05, 4.69) is 0 Å². The third kappa shape index (κ3) is 2.25. The first-order valence-electron chi connectivity index (χ1n) is 6.56. The van der Waals surface area contributed by atoms with Crippen molar-refractivity contribution in [2.75, 3.05) is 12.3 Å². The van der Waals surface area contributed by atoms with Gasteiger partial charge in [-0.15, -0.1) is 0 Å². The van der Waals surface area contributed by atoms with E-state index in [1.807, 2.05) is 12.1 Å². The first-order chi connectivity index (χ1) is 9.65. The molecule has 0 saturated heterocycles. The number of benzene rings is 2. The molecule has 1 amide bonds. The van der Waals surface area contributed by atoms with Crippen molar-refractivity contribution < 1.29 is 9.18 Å². The van der Waals surface area contributed by atoms with Crippen molar-refractivity contribution in [2.45, 2.75) is 13.0 Å². The normalized spacial score (nSPS) is 13.7. The van der Waals surface area contributed by atoms with E-state index in [0.29, 0.717) is 30.8 Å². The molecule has 0 bridgehead atoms. The molecule has 102 valence electrons. The highest BCUT2D eigenvalue weighted by Gasteiger charge is 2.28. The molecule has 20 heavy (non-hydrogen) atoms. The van der Waals surface area contributed by atoms with E-state index in [1.165, 1.54) is 12.1 Å². The molecule has 1 aliphatic rings. The molecule has 1 aliphatic heterocycles. The molecule has 3 rings (SSSR count). The summed E-state index contributed by atoms with van der Waals surface area (Å²) >= 11 is 0. The minimum Gasteiger partial charge on any atom is -0.398 e. The first kappa shape index (κ1) is 12.7. The Morgan fingerprint density at radius 3 is 2.60 bits per heavy atom. The first-order valence-corrected chi connectivity index (χ1v) is 6.56. The average molecular weight is 270 g/mol. The zero-order chi connectivity index (χ0) is 14.1. The van der Waals surface area contributed by atoms with Crippen LogP contribution in [-0.4, -0.2) is 17.4 Å². The predicted octanol–water partition coefficient (Wildman–Crippen LogP) is 2.61. The second-order valence-electron chi connectivity index (χ2n) is 4.98. The van der Waals surface area contributed by atoms with E-state index in [-0.39, 0.29) is 11.7 Å². The van der Waals surface area contributed by atoms with Gasteiger partial charge in [0.05, 0.1) is 0 Å². The molecule has 4 heteroatoms. The van der Waals surface area contributed by atoms with Crippen LogP contribution in [0.2, 0.25) is 0 Å². The fraction of sp³-hybridized carbons (Fsp3) is 0.188. The van der Waals surface area contributed by atoms with Crippen LogP contribution in [-0.2, 0) is 13.0 Å². The summed E-state index contributed by atoms with van der Waals surface area (Å²) in [5.41, 5.74) is 9.20. The third-order valence-electron chi connectivity index (χ3n) is 3.66. The van der Waals surface area contributed by atoms with E-state index >= 15 is 0 Å². The SMILES string of the molecule is Nc1cccc2c1CN(CCc1ccc(F)cc1)C2=O. The van der Waals surface area contributed by atoms with Crippen molar-refractivity contribution in [2.24, 2.45) is 0 Å². The number of hydrogen-bond donors (Lipinski definition) is 1. The van der Waals surface area contributed by atoms with Gasteiger partial charge >= 0.3 is 0 Å². The summed E-state index contributed by atoms with van der Waals surface area (Å²) in [5.74, 6) is -0.222. The van der Waals surface area contributed by atoms with Crippen LogP contribution >= 0.6 is 0 Å². The van der Waals surface area contributed by atoms with Crippen molar-refractivity contribution in [1.82, 2.24) is 4.90 Å². The van der Waals surface area contributed by atoms with Crippen LogP contribution in [0, 0.1) is 5.82 Å². The molecule has 3 nitrogen and oxygen atoms in total. The van der Waals surface area contributed by atoms with E-state index in [1.54, 1.807) is 23.1 Å². The average Bonchev–Trinajstić information content (AvgIpc) is 2.77.